The molecule has 2 N–H and O–H groups in total. The standard InChI is InChI=1S/C15H19N3O4S/c19-14-10-11-9-12(4-5-13(11)17-14)23(21,22)16-6-2-8-18-7-1-3-15(18)20/h4-5,9,16H,1-3,6-8,10H2,(H,17,19). The largest absolute Gasteiger partial charge is 0.343 e. The molecule has 0 atom stereocenters. The highest BCUT2D eigenvalue weighted by Gasteiger charge is 2.22. The van der Waals surface area contributed by atoms with Gasteiger partial charge < -0.3 is 10.2 Å². The Morgan fingerprint density at radius 1 is 1.26 bits per heavy atom. The summed E-state index contributed by atoms with van der Waals surface area (Å²) in [6.07, 6.45) is 2.26. The molecule has 1 aromatic carbocycles. The van der Waals surface area contributed by atoms with E-state index in [9.17, 15) is 18.0 Å². The fourth-order valence-corrected chi connectivity index (χ4v) is 4.00. The lowest BCUT2D eigenvalue weighted by atomic mass is 10.2. The molecule has 2 aliphatic heterocycles. The lowest BCUT2D eigenvalue weighted by Gasteiger charge is -2.15. The summed E-state index contributed by atoms with van der Waals surface area (Å²) in [7, 11) is -3.60. The van der Waals surface area contributed by atoms with E-state index in [0.717, 1.165) is 13.0 Å². The van der Waals surface area contributed by atoms with Crippen molar-refractivity contribution in [2.75, 3.05) is 25.0 Å². The summed E-state index contributed by atoms with van der Waals surface area (Å²) >= 11 is 0. The first-order chi connectivity index (χ1) is 11.0. The van der Waals surface area contributed by atoms with E-state index < -0.39 is 10.0 Å². The number of carbonyl (C=O) groups is 2. The highest BCUT2D eigenvalue weighted by Crippen LogP contribution is 2.25. The topological polar surface area (TPSA) is 95.6 Å². The van der Waals surface area contributed by atoms with Crippen molar-refractivity contribution in [3.8, 4) is 0 Å². The zero-order valence-corrected chi connectivity index (χ0v) is 13.5. The van der Waals surface area contributed by atoms with E-state index in [2.05, 4.69) is 10.0 Å². The van der Waals surface area contributed by atoms with Gasteiger partial charge in [0.25, 0.3) is 0 Å². The van der Waals surface area contributed by atoms with Crippen molar-refractivity contribution in [3.63, 3.8) is 0 Å². The SMILES string of the molecule is O=C1Cc2cc(S(=O)(=O)NCCCN3CCCC3=O)ccc2N1. The van der Waals surface area contributed by atoms with Gasteiger partial charge in [-0.15, -0.1) is 0 Å². The quantitative estimate of drug-likeness (QED) is 0.738. The molecule has 1 saturated heterocycles. The Morgan fingerprint density at radius 3 is 2.83 bits per heavy atom. The van der Waals surface area contributed by atoms with Gasteiger partial charge in [0.2, 0.25) is 21.8 Å². The van der Waals surface area contributed by atoms with Gasteiger partial charge in [-0.05, 0) is 36.6 Å². The van der Waals surface area contributed by atoms with Gasteiger partial charge in [0.05, 0.1) is 11.3 Å². The second-order valence-corrected chi connectivity index (χ2v) is 7.55. The molecule has 1 aromatic rings. The van der Waals surface area contributed by atoms with Gasteiger partial charge in [0.1, 0.15) is 0 Å². The Kier molecular flexibility index (Phi) is 4.36. The monoisotopic (exact) mass is 337 g/mol. The minimum atomic E-state index is -3.60. The fraction of sp³-hybridized carbons (Fsp3) is 0.467. The number of nitrogens with zero attached hydrogens (tertiary/aromatic N) is 1. The molecule has 0 aliphatic carbocycles. The van der Waals surface area contributed by atoms with Crippen molar-refractivity contribution >= 4 is 27.5 Å². The minimum Gasteiger partial charge on any atom is -0.343 e. The van der Waals surface area contributed by atoms with Gasteiger partial charge in [-0.1, -0.05) is 0 Å². The number of benzene rings is 1. The number of nitrogens with one attached hydrogen (secondary N) is 2. The highest BCUT2D eigenvalue weighted by molar-refractivity contribution is 7.89. The summed E-state index contributed by atoms with van der Waals surface area (Å²) in [5, 5.41) is 2.67. The van der Waals surface area contributed by atoms with Crippen LogP contribution in [0, 0.1) is 0 Å². The Labute approximate surface area is 135 Å². The van der Waals surface area contributed by atoms with Crippen LogP contribution in [0.3, 0.4) is 0 Å². The molecule has 23 heavy (non-hydrogen) atoms. The van der Waals surface area contributed by atoms with Crippen molar-refractivity contribution in [1.82, 2.24) is 9.62 Å². The van der Waals surface area contributed by atoms with Gasteiger partial charge >= 0.3 is 0 Å². The van der Waals surface area contributed by atoms with Crippen LogP contribution in [0.25, 0.3) is 0 Å². The van der Waals surface area contributed by atoms with E-state index in [1.165, 1.54) is 12.1 Å². The van der Waals surface area contributed by atoms with E-state index in [1.807, 2.05) is 0 Å². The van der Waals surface area contributed by atoms with E-state index in [0.29, 0.717) is 30.6 Å². The van der Waals surface area contributed by atoms with E-state index in [-0.39, 0.29) is 29.7 Å². The predicted octanol–water partition coefficient (Wildman–Crippen LogP) is 0.472. The minimum absolute atomic E-state index is 0.127. The molecule has 3 rings (SSSR count). The lowest BCUT2D eigenvalue weighted by Crippen LogP contribution is -2.30. The zero-order chi connectivity index (χ0) is 16.4. The normalized spacial score (nSPS) is 17.5. The first-order valence-electron chi connectivity index (χ1n) is 7.66. The smallest absolute Gasteiger partial charge is 0.240 e. The predicted molar refractivity (Wildman–Crippen MR) is 84.4 cm³/mol. The van der Waals surface area contributed by atoms with Gasteiger partial charge in [-0.3, -0.25) is 9.59 Å². The Hall–Kier alpha value is -1.93. The third kappa shape index (κ3) is 3.53. The van der Waals surface area contributed by atoms with E-state index in [1.54, 1.807) is 11.0 Å². The molecule has 2 heterocycles. The fourth-order valence-electron chi connectivity index (χ4n) is 2.87. The first kappa shape index (κ1) is 15.9. The highest BCUT2D eigenvalue weighted by atomic mass is 32.2. The molecule has 124 valence electrons. The number of hydrogen-bond donors (Lipinski definition) is 2. The van der Waals surface area contributed by atoms with Crippen LogP contribution in [0.15, 0.2) is 23.1 Å². The molecule has 0 spiro atoms. The van der Waals surface area contributed by atoms with Crippen LogP contribution in [0.5, 0.6) is 0 Å². The molecule has 0 saturated carbocycles. The third-order valence-electron chi connectivity index (χ3n) is 4.08. The van der Waals surface area contributed by atoms with E-state index in [4.69, 9.17) is 0 Å². The molecule has 0 aromatic heterocycles. The molecule has 2 amide bonds. The summed E-state index contributed by atoms with van der Waals surface area (Å²) in [4.78, 5) is 24.7. The number of fused-ring (bicyclic) bond motifs is 1. The number of anilines is 1. The number of likely N-dealkylation sites (tertiary alicyclic amines) is 1. The summed E-state index contributed by atoms with van der Waals surface area (Å²) in [6.45, 7) is 1.61. The van der Waals surface area contributed by atoms with Gasteiger partial charge in [0.15, 0.2) is 0 Å². The zero-order valence-electron chi connectivity index (χ0n) is 12.7. The van der Waals surface area contributed by atoms with E-state index >= 15 is 0 Å². The maximum Gasteiger partial charge on any atom is 0.240 e. The summed E-state index contributed by atoms with van der Waals surface area (Å²) in [6, 6.07) is 4.62. The van der Waals surface area contributed by atoms with Gasteiger partial charge in [-0.2, -0.15) is 0 Å². The maximum atomic E-state index is 12.3. The van der Waals surface area contributed by atoms with Crippen molar-refractivity contribution in [2.24, 2.45) is 0 Å². The van der Waals surface area contributed by atoms with Gasteiger partial charge in [-0.25, -0.2) is 13.1 Å². The third-order valence-corrected chi connectivity index (χ3v) is 5.54. The summed E-state index contributed by atoms with van der Waals surface area (Å²) < 4.78 is 27.1. The Bertz CT molecular complexity index is 745. The molecule has 1 fully saturated rings. The average Bonchev–Trinajstić information content (AvgIpc) is 3.07. The number of hydrogen-bond acceptors (Lipinski definition) is 4. The average molecular weight is 337 g/mol. The molecule has 8 heteroatoms. The molecule has 0 unspecified atom stereocenters. The number of rotatable bonds is 6. The molecular formula is C15H19N3O4S. The number of carbonyl (C=O) groups excluding carboxylic acids is 2. The number of amides is 2. The van der Waals surface area contributed by atoms with Crippen LogP contribution in [0.1, 0.15) is 24.8 Å². The maximum absolute atomic E-state index is 12.3. The van der Waals surface area contributed by atoms with Crippen molar-refractivity contribution < 1.29 is 18.0 Å². The molecule has 7 nitrogen and oxygen atoms in total. The molecule has 0 radical (unpaired) electrons. The van der Waals surface area contributed by atoms with Crippen LogP contribution in [0.2, 0.25) is 0 Å². The summed E-state index contributed by atoms with van der Waals surface area (Å²) in [5.41, 5.74) is 1.36. The Balaban J connectivity index is 1.56. The molecular weight excluding hydrogens is 318 g/mol. The second kappa shape index (κ2) is 6.29. The first-order valence-corrected chi connectivity index (χ1v) is 9.14. The Morgan fingerprint density at radius 2 is 2.09 bits per heavy atom. The van der Waals surface area contributed by atoms with Crippen molar-refractivity contribution in [3.05, 3.63) is 23.8 Å². The van der Waals surface area contributed by atoms with Crippen molar-refractivity contribution in [1.29, 1.82) is 0 Å². The van der Waals surface area contributed by atoms with Crippen LogP contribution in [0.4, 0.5) is 5.69 Å². The molecule has 0 bridgehead atoms. The second-order valence-electron chi connectivity index (χ2n) is 5.78. The molecule has 2 aliphatic rings. The van der Waals surface area contributed by atoms with Crippen LogP contribution in [-0.2, 0) is 26.0 Å². The van der Waals surface area contributed by atoms with Crippen LogP contribution < -0.4 is 10.0 Å². The van der Waals surface area contributed by atoms with Crippen molar-refractivity contribution in [2.45, 2.75) is 30.6 Å². The summed E-state index contributed by atoms with van der Waals surface area (Å²) in [5.74, 6) is 0.0152. The van der Waals surface area contributed by atoms with Crippen LogP contribution >= 0.6 is 0 Å². The lowest BCUT2D eigenvalue weighted by molar-refractivity contribution is -0.127. The van der Waals surface area contributed by atoms with Gasteiger partial charge in [0, 0.05) is 31.7 Å². The van der Waals surface area contributed by atoms with Crippen LogP contribution in [-0.4, -0.2) is 44.8 Å². The number of sulfonamides is 1.